The zero-order valence-corrected chi connectivity index (χ0v) is 19.7. The van der Waals surface area contributed by atoms with Gasteiger partial charge < -0.3 is 19.2 Å². The molecule has 0 unspecified atom stereocenters. The van der Waals surface area contributed by atoms with E-state index in [0.717, 1.165) is 11.1 Å². The molecule has 0 amide bonds. The molecule has 7 heteroatoms. The fraction of sp³-hybridized carbons (Fsp3) is 0.652. The fourth-order valence-electron chi connectivity index (χ4n) is 3.13. The predicted octanol–water partition coefficient (Wildman–Crippen LogP) is 2.82. The van der Waals surface area contributed by atoms with Crippen LogP contribution >= 0.6 is 0 Å². The molecule has 1 atom stereocenters. The van der Waals surface area contributed by atoms with Gasteiger partial charge in [-0.3, -0.25) is 9.59 Å². The molecule has 0 spiro atoms. The Labute approximate surface area is 181 Å². The van der Waals surface area contributed by atoms with Gasteiger partial charge >= 0.3 is 11.9 Å². The van der Waals surface area contributed by atoms with E-state index in [-0.39, 0.29) is 42.8 Å². The lowest BCUT2D eigenvalue weighted by molar-refractivity contribution is -0.147. The van der Waals surface area contributed by atoms with Crippen molar-refractivity contribution in [3.8, 4) is 0 Å². The Kier molecular flexibility index (Phi) is 9.94. The highest BCUT2D eigenvalue weighted by Crippen LogP contribution is 2.33. The number of likely N-dealkylation sites (N-methyl/N-ethyl adjacent to an activating group) is 1. The molecule has 7 nitrogen and oxygen atoms in total. The van der Waals surface area contributed by atoms with Crippen LogP contribution in [-0.2, 0) is 34.7 Å². The number of esters is 2. The van der Waals surface area contributed by atoms with Crippen molar-refractivity contribution in [2.24, 2.45) is 0 Å². The molecule has 170 valence electrons. The van der Waals surface area contributed by atoms with E-state index < -0.39 is 5.41 Å². The van der Waals surface area contributed by atoms with Crippen LogP contribution < -0.4 is 5.48 Å². The molecule has 0 aliphatic rings. The third kappa shape index (κ3) is 8.05. The van der Waals surface area contributed by atoms with Gasteiger partial charge in [0.15, 0.2) is 0 Å². The average Bonchev–Trinajstić information content (AvgIpc) is 2.67. The van der Waals surface area contributed by atoms with E-state index in [9.17, 15) is 9.59 Å². The topological polar surface area (TPSA) is 77.1 Å². The summed E-state index contributed by atoms with van der Waals surface area (Å²) in [5, 5.41) is 0. The average molecular weight is 423 g/mol. The number of hydrogen-bond acceptors (Lipinski definition) is 7. The standard InChI is InChI=1S/C23H38N2O5/c1-22(2,13-20(26)28-8)17-10-9-11-18(12-17)23(3,4)14-21(27)29-15-19(25(6)7)16-30-24-5/h9-12,19,24H,13-16H2,1-8H3/t19-/m1/s1. The van der Waals surface area contributed by atoms with Gasteiger partial charge in [-0.15, -0.1) is 0 Å². The Bertz CT molecular complexity index is 701. The minimum absolute atomic E-state index is 0.0352. The fourth-order valence-corrected chi connectivity index (χ4v) is 3.13. The molecule has 0 saturated carbocycles. The third-order valence-corrected chi connectivity index (χ3v) is 5.41. The smallest absolute Gasteiger partial charge is 0.306 e. The summed E-state index contributed by atoms with van der Waals surface area (Å²) < 4.78 is 10.4. The number of hydrogen-bond donors (Lipinski definition) is 1. The molecule has 0 bridgehead atoms. The number of carbonyl (C=O) groups excluding carboxylic acids is 2. The van der Waals surface area contributed by atoms with Crippen molar-refractivity contribution in [3.63, 3.8) is 0 Å². The number of hydroxylamine groups is 1. The zero-order chi connectivity index (χ0) is 22.9. The van der Waals surface area contributed by atoms with Crippen LogP contribution in [0.1, 0.15) is 51.7 Å². The second kappa shape index (κ2) is 11.4. The Hall–Kier alpha value is -1.96. The predicted molar refractivity (Wildman–Crippen MR) is 117 cm³/mol. The first kappa shape index (κ1) is 26.1. The number of nitrogens with one attached hydrogen (secondary N) is 1. The quantitative estimate of drug-likeness (QED) is 0.410. The number of ether oxygens (including phenoxy) is 2. The summed E-state index contributed by atoms with van der Waals surface area (Å²) in [6.07, 6.45) is 0.539. The Morgan fingerprint density at radius 1 is 1.00 bits per heavy atom. The van der Waals surface area contributed by atoms with Crippen LogP contribution in [0.3, 0.4) is 0 Å². The van der Waals surface area contributed by atoms with Gasteiger partial charge in [-0.2, -0.15) is 0 Å². The number of nitrogens with zero attached hydrogens (tertiary/aromatic N) is 1. The largest absolute Gasteiger partial charge is 0.469 e. The summed E-state index contributed by atoms with van der Waals surface area (Å²) >= 11 is 0. The van der Waals surface area contributed by atoms with Gasteiger partial charge in [-0.05, 0) is 25.2 Å². The second-order valence-corrected chi connectivity index (χ2v) is 9.09. The van der Waals surface area contributed by atoms with Gasteiger partial charge in [0.2, 0.25) is 0 Å². The van der Waals surface area contributed by atoms with Crippen LogP contribution in [0, 0.1) is 0 Å². The molecule has 1 aromatic carbocycles. The van der Waals surface area contributed by atoms with E-state index in [1.807, 2.05) is 64.9 Å². The maximum absolute atomic E-state index is 12.5. The SMILES string of the molecule is CNOC[C@@H](COC(=O)CC(C)(C)c1cccc(C(C)(C)CC(=O)OC)c1)N(C)C. The molecule has 0 saturated heterocycles. The Morgan fingerprint density at radius 2 is 1.53 bits per heavy atom. The molecule has 0 heterocycles. The normalized spacial score (nSPS) is 13.2. The van der Waals surface area contributed by atoms with Crippen LogP contribution in [-0.4, -0.2) is 64.3 Å². The van der Waals surface area contributed by atoms with Gasteiger partial charge in [0.1, 0.15) is 6.61 Å². The summed E-state index contributed by atoms with van der Waals surface area (Å²) in [7, 11) is 6.93. The number of methoxy groups -OCH3 is 1. The maximum atomic E-state index is 12.5. The molecule has 0 radical (unpaired) electrons. The van der Waals surface area contributed by atoms with Gasteiger partial charge in [-0.25, -0.2) is 5.48 Å². The molecule has 1 N–H and O–H groups in total. The van der Waals surface area contributed by atoms with Crippen molar-refractivity contribution < 1.29 is 23.9 Å². The van der Waals surface area contributed by atoms with E-state index in [2.05, 4.69) is 11.5 Å². The summed E-state index contributed by atoms with van der Waals surface area (Å²) in [6, 6.07) is 8.01. The van der Waals surface area contributed by atoms with Crippen LogP contribution in [0.15, 0.2) is 24.3 Å². The van der Waals surface area contributed by atoms with Gasteiger partial charge in [-0.1, -0.05) is 52.0 Å². The van der Waals surface area contributed by atoms with Crippen LogP contribution in [0.2, 0.25) is 0 Å². The van der Waals surface area contributed by atoms with Crippen molar-refractivity contribution >= 4 is 11.9 Å². The van der Waals surface area contributed by atoms with Gasteiger partial charge in [0, 0.05) is 17.9 Å². The van der Waals surface area contributed by atoms with Crippen molar-refractivity contribution in [1.82, 2.24) is 10.4 Å². The van der Waals surface area contributed by atoms with E-state index in [1.54, 1.807) is 7.05 Å². The minimum Gasteiger partial charge on any atom is -0.469 e. The molecule has 0 fully saturated rings. The maximum Gasteiger partial charge on any atom is 0.306 e. The Balaban J connectivity index is 2.84. The molecule has 30 heavy (non-hydrogen) atoms. The first-order valence-corrected chi connectivity index (χ1v) is 10.2. The van der Waals surface area contributed by atoms with E-state index >= 15 is 0 Å². The first-order valence-electron chi connectivity index (χ1n) is 10.2. The number of rotatable bonds is 12. The number of benzene rings is 1. The lowest BCUT2D eigenvalue weighted by Crippen LogP contribution is -2.39. The summed E-state index contributed by atoms with van der Waals surface area (Å²) in [5.41, 5.74) is 3.91. The molecule has 0 aromatic heterocycles. The highest BCUT2D eigenvalue weighted by molar-refractivity contribution is 5.72. The van der Waals surface area contributed by atoms with Gasteiger partial charge in [0.05, 0.1) is 32.6 Å². The minimum atomic E-state index is -0.413. The van der Waals surface area contributed by atoms with Crippen molar-refractivity contribution in [3.05, 3.63) is 35.4 Å². The monoisotopic (exact) mass is 422 g/mol. The van der Waals surface area contributed by atoms with E-state index in [4.69, 9.17) is 14.3 Å². The van der Waals surface area contributed by atoms with Crippen molar-refractivity contribution in [2.75, 3.05) is 41.5 Å². The van der Waals surface area contributed by atoms with E-state index in [0.29, 0.717) is 6.61 Å². The van der Waals surface area contributed by atoms with Crippen molar-refractivity contribution in [2.45, 2.75) is 57.4 Å². The van der Waals surface area contributed by atoms with Crippen LogP contribution in [0.5, 0.6) is 0 Å². The molecular weight excluding hydrogens is 384 g/mol. The lowest BCUT2D eigenvalue weighted by Gasteiger charge is -2.29. The van der Waals surface area contributed by atoms with Crippen molar-refractivity contribution in [1.29, 1.82) is 0 Å². The first-order chi connectivity index (χ1) is 13.9. The zero-order valence-electron chi connectivity index (χ0n) is 19.7. The highest BCUT2D eigenvalue weighted by atomic mass is 16.6. The lowest BCUT2D eigenvalue weighted by atomic mass is 9.76. The molecular formula is C23H38N2O5. The summed E-state index contributed by atoms with van der Waals surface area (Å²) in [4.78, 5) is 31.5. The van der Waals surface area contributed by atoms with Crippen LogP contribution in [0.25, 0.3) is 0 Å². The Morgan fingerprint density at radius 3 is 2.00 bits per heavy atom. The highest BCUT2D eigenvalue weighted by Gasteiger charge is 2.29. The molecule has 1 aromatic rings. The van der Waals surface area contributed by atoms with Gasteiger partial charge in [0.25, 0.3) is 0 Å². The molecule has 1 rings (SSSR count). The molecule has 0 aliphatic heterocycles. The van der Waals surface area contributed by atoms with E-state index in [1.165, 1.54) is 7.11 Å². The summed E-state index contributed by atoms with van der Waals surface area (Å²) in [6.45, 7) is 8.74. The second-order valence-electron chi connectivity index (χ2n) is 9.09. The molecule has 0 aliphatic carbocycles. The third-order valence-electron chi connectivity index (χ3n) is 5.41. The summed E-state index contributed by atoms with van der Waals surface area (Å²) in [5.74, 6) is -0.499. The van der Waals surface area contributed by atoms with Crippen LogP contribution in [0.4, 0.5) is 0 Å². The number of carbonyl (C=O) groups is 2.